The Labute approximate surface area is 93.7 Å². The monoisotopic (exact) mass is 218 g/mol. The summed E-state index contributed by atoms with van der Waals surface area (Å²) in [5, 5.41) is 18.9. The summed E-state index contributed by atoms with van der Waals surface area (Å²) >= 11 is 0. The highest BCUT2D eigenvalue weighted by Gasteiger charge is 2.10. The second-order valence-electron chi connectivity index (χ2n) is 3.68. The average Bonchev–Trinajstić information content (AvgIpc) is 2.70. The number of nitrogens with one attached hydrogen (secondary N) is 1. The molecule has 1 aromatic carbocycles. The number of hydrogen-bond acceptors (Lipinski definition) is 3. The highest BCUT2D eigenvalue weighted by molar-refractivity contribution is 5.41. The van der Waals surface area contributed by atoms with E-state index in [2.05, 4.69) is 5.43 Å². The number of aromatic nitrogens is 1. The SMILES string of the molecule is CC(Nn1cccc1)c1ccc(O)cc1O. The van der Waals surface area contributed by atoms with E-state index >= 15 is 0 Å². The van der Waals surface area contributed by atoms with Gasteiger partial charge in [-0.25, -0.2) is 0 Å². The molecule has 0 radical (unpaired) electrons. The van der Waals surface area contributed by atoms with Gasteiger partial charge in [-0.2, -0.15) is 0 Å². The minimum absolute atomic E-state index is 0.0481. The van der Waals surface area contributed by atoms with Crippen LogP contribution in [0.1, 0.15) is 18.5 Å². The zero-order valence-electron chi connectivity index (χ0n) is 8.96. The topological polar surface area (TPSA) is 57.4 Å². The van der Waals surface area contributed by atoms with Crippen molar-refractivity contribution in [3.63, 3.8) is 0 Å². The number of rotatable bonds is 3. The smallest absolute Gasteiger partial charge is 0.124 e. The lowest BCUT2D eigenvalue weighted by Crippen LogP contribution is -2.16. The van der Waals surface area contributed by atoms with Gasteiger partial charge in [-0.05, 0) is 31.2 Å². The standard InChI is InChI=1S/C12H14N2O2/c1-9(13-14-6-2-3-7-14)11-5-4-10(15)8-12(11)16/h2-9,13,15-16H,1H3. The zero-order valence-corrected chi connectivity index (χ0v) is 8.96. The molecule has 0 spiro atoms. The fourth-order valence-corrected chi connectivity index (χ4v) is 1.61. The lowest BCUT2D eigenvalue weighted by Gasteiger charge is -2.17. The van der Waals surface area contributed by atoms with Crippen molar-refractivity contribution in [3.8, 4) is 11.5 Å². The van der Waals surface area contributed by atoms with E-state index in [0.717, 1.165) is 5.56 Å². The molecule has 0 saturated carbocycles. The molecule has 0 bridgehead atoms. The van der Waals surface area contributed by atoms with Crippen molar-refractivity contribution in [3.05, 3.63) is 48.3 Å². The third kappa shape index (κ3) is 2.11. The lowest BCUT2D eigenvalue weighted by atomic mass is 10.1. The normalized spacial score (nSPS) is 12.3. The van der Waals surface area contributed by atoms with Gasteiger partial charge in [-0.15, -0.1) is 0 Å². The van der Waals surface area contributed by atoms with Crippen molar-refractivity contribution in [2.24, 2.45) is 0 Å². The van der Waals surface area contributed by atoms with Crippen LogP contribution in [0, 0.1) is 0 Å². The Morgan fingerprint density at radius 2 is 1.88 bits per heavy atom. The third-order valence-corrected chi connectivity index (χ3v) is 2.43. The first-order valence-electron chi connectivity index (χ1n) is 5.08. The minimum Gasteiger partial charge on any atom is -0.508 e. The number of phenolic OH excluding ortho intramolecular Hbond substituents is 2. The van der Waals surface area contributed by atoms with Gasteiger partial charge in [0.05, 0.1) is 6.04 Å². The van der Waals surface area contributed by atoms with Gasteiger partial charge < -0.3 is 15.6 Å². The summed E-state index contributed by atoms with van der Waals surface area (Å²) in [6.45, 7) is 1.94. The second kappa shape index (κ2) is 4.18. The lowest BCUT2D eigenvalue weighted by molar-refractivity contribution is 0.443. The summed E-state index contributed by atoms with van der Waals surface area (Å²) in [6, 6.07) is 8.37. The summed E-state index contributed by atoms with van der Waals surface area (Å²) in [4.78, 5) is 0. The maximum Gasteiger partial charge on any atom is 0.124 e. The van der Waals surface area contributed by atoms with Gasteiger partial charge >= 0.3 is 0 Å². The first-order chi connectivity index (χ1) is 7.66. The van der Waals surface area contributed by atoms with Gasteiger partial charge in [-0.1, -0.05) is 0 Å². The third-order valence-electron chi connectivity index (χ3n) is 2.43. The molecular formula is C12H14N2O2. The van der Waals surface area contributed by atoms with Crippen molar-refractivity contribution in [1.29, 1.82) is 0 Å². The Morgan fingerprint density at radius 3 is 2.50 bits per heavy atom. The molecule has 3 N–H and O–H groups in total. The maximum atomic E-state index is 9.68. The molecular weight excluding hydrogens is 204 g/mol. The highest BCUT2D eigenvalue weighted by Crippen LogP contribution is 2.28. The number of nitrogens with zero attached hydrogens (tertiary/aromatic N) is 1. The van der Waals surface area contributed by atoms with Gasteiger partial charge in [0.2, 0.25) is 0 Å². The molecule has 2 aromatic rings. The number of benzene rings is 1. The van der Waals surface area contributed by atoms with Crippen LogP contribution in [-0.2, 0) is 0 Å². The van der Waals surface area contributed by atoms with Crippen LogP contribution in [0.4, 0.5) is 0 Å². The van der Waals surface area contributed by atoms with Crippen LogP contribution in [0.15, 0.2) is 42.7 Å². The van der Waals surface area contributed by atoms with Crippen LogP contribution in [-0.4, -0.2) is 14.9 Å². The molecule has 0 fully saturated rings. The van der Waals surface area contributed by atoms with Crippen LogP contribution >= 0.6 is 0 Å². The van der Waals surface area contributed by atoms with Crippen LogP contribution in [0.5, 0.6) is 11.5 Å². The quantitative estimate of drug-likeness (QED) is 0.740. The van der Waals surface area contributed by atoms with Crippen molar-refractivity contribution >= 4 is 0 Å². The van der Waals surface area contributed by atoms with E-state index in [1.165, 1.54) is 6.07 Å². The van der Waals surface area contributed by atoms with E-state index in [1.807, 2.05) is 36.1 Å². The number of aromatic hydroxyl groups is 2. The minimum atomic E-state index is -0.0481. The van der Waals surface area contributed by atoms with E-state index in [9.17, 15) is 10.2 Å². The molecule has 1 atom stereocenters. The van der Waals surface area contributed by atoms with Crippen molar-refractivity contribution in [2.45, 2.75) is 13.0 Å². The summed E-state index contributed by atoms with van der Waals surface area (Å²) in [6.07, 6.45) is 3.77. The first kappa shape index (κ1) is 10.4. The summed E-state index contributed by atoms with van der Waals surface area (Å²) < 4.78 is 1.82. The predicted molar refractivity (Wildman–Crippen MR) is 62.0 cm³/mol. The predicted octanol–water partition coefficient (Wildman–Crippen LogP) is 2.20. The average molecular weight is 218 g/mol. The van der Waals surface area contributed by atoms with Crippen LogP contribution in [0.25, 0.3) is 0 Å². The molecule has 16 heavy (non-hydrogen) atoms. The molecule has 1 aromatic heterocycles. The van der Waals surface area contributed by atoms with E-state index in [4.69, 9.17) is 0 Å². The summed E-state index contributed by atoms with van der Waals surface area (Å²) in [7, 11) is 0. The van der Waals surface area contributed by atoms with Crippen molar-refractivity contribution in [2.75, 3.05) is 5.43 Å². The van der Waals surface area contributed by atoms with Gasteiger partial charge in [0, 0.05) is 24.0 Å². The van der Waals surface area contributed by atoms with E-state index in [0.29, 0.717) is 0 Å². The molecule has 0 aliphatic heterocycles. The van der Waals surface area contributed by atoms with E-state index in [-0.39, 0.29) is 17.5 Å². The fourth-order valence-electron chi connectivity index (χ4n) is 1.61. The van der Waals surface area contributed by atoms with Crippen molar-refractivity contribution in [1.82, 2.24) is 4.68 Å². The largest absolute Gasteiger partial charge is 0.508 e. The summed E-state index contributed by atoms with van der Waals surface area (Å²) in [5.74, 6) is 0.154. The number of hydrogen-bond donors (Lipinski definition) is 3. The Kier molecular flexibility index (Phi) is 2.72. The van der Waals surface area contributed by atoms with Crippen LogP contribution in [0.3, 0.4) is 0 Å². The van der Waals surface area contributed by atoms with Crippen LogP contribution in [0.2, 0.25) is 0 Å². The molecule has 2 rings (SSSR count). The summed E-state index contributed by atoms with van der Waals surface area (Å²) in [5.41, 5.74) is 3.92. The Balaban J connectivity index is 2.17. The molecule has 0 amide bonds. The first-order valence-corrected chi connectivity index (χ1v) is 5.08. The van der Waals surface area contributed by atoms with Crippen molar-refractivity contribution < 1.29 is 10.2 Å². The van der Waals surface area contributed by atoms with Gasteiger partial charge in [0.1, 0.15) is 11.5 Å². The molecule has 84 valence electrons. The Hall–Kier alpha value is -2.10. The zero-order chi connectivity index (χ0) is 11.5. The number of phenols is 2. The molecule has 4 heteroatoms. The molecule has 4 nitrogen and oxygen atoms in total. The molecule has 0 aliphatic rings. The van der Waals surface area contributed by atoms with Gasteiger partial charge in [0.15, 0.2) is 0 Å². The fraction of sp³-hybridized carbons (Fsp3) is 0.167. The molecule has 0 saturated heterocycles. The highest BCUT2D eigenvalue weighted by atomic mass is 16.3. The van der Waals surface area contributed by atoms with E-state index in [1.54, 1.807) is 12.1 Å². The van der Waals surface area contributed by atoms with Gasteiger partial charge in [0.25, 0.3) is 0 Å². The maximum absolute atomic E-state index is 9.68. The van der Waals surface area contributed by atoms with E-state index < -0.39 is 0 Å². The van der Waals surface area contributed by atoms with Crippen LogP contribution < -0.4 is 5.43 Å². The Morgan fingerprint density at radius 1 is 1.19 bits per heavy atom. The second-order valence-corrected chi connectivity index (χ2v) is 3.68. The molecule has 1 heterocycles. The molecule has 0 aliphatic carbocycles. The Bertz CT molecular complexity index is 466. The molecule has 1 unspecified atom stereocenters. The van der Waals surface area contributed by atoms with Gasteiger partial charge in [-0.3, -0.25) is 4.68 Å².